The van der Waals surface area contributed by atoms with Crippen LogP contribution in [0.5, 0.6) is 11.5 Å². The minimum Gasteiger partial charge on any atom is -0.457 e. The van der Waals surface area contributed by atoms with Crippen LogP contribution in [0.2, 0.25) is 0 Å². The molecule has 0 aliphatic rings. The van der Waals surface area contributed by atoms with E-state index in [1.165, 1.54) is 17.7 Å². The van der Waals surface area contributed by atoms with E-state index in [0.29, 0.717) is 17.0 Å². The topological polar surface area (TPSA) is 9.23 Å². The quantitative estimate of drug-likeness (QED) is 0.662. The smallest absolute Gasteiger partial charge is 0.131 e. The Morgan fingerprint density at radius 1 is 1.16 bits per heavy atom. The minimum atomic E-state index is -0.252. The maximum atomic E-state index is 13.2. The molecule has 1 nitrogen and oxygen atoms in total. The first kappa shape index (κ1) is 14.1. The normalized spacial score (nSPS) is 10.8. The van der Waals surface area contributed by atoms with Crippen molar-refractivity contribution in [2.24, 2.45) is 0 Å². The number of halogens is 2. The molecule has 0 aliphatic heterocycles. The third kappa shape index (κ3) is 3.57. The summed E-state index contributed by atoms with van der Waals surface area (Å²) in [6, 6.07) is 12.5. The van der Waals surface area contributed by atoms with Gasteiger partial charge in [0.15, 0.2) is 0 Å². The van der Waals surface area contributed by atoms with Crippen molar-refractivity contribution in [2.75, 3.05) is 0 Å². The van der Waals surface area contributed by atoms with E-state index in [0.717, 1.165) is 11.3 Å². The second-order valence-corrected chi connectivity index (χ2v) is 5.28. The third-order valence-corrected chi connectivity index (χ3v) is 3.52. The zero-order valence-corrected chi connectivity index (χ0v) is 12.6. The number of hydrogen-bond acceptors (Lipinski definition) is 1. The molecule has 0 atom stereocenters. The predicted octanol–water partition coefficient (Wildman–Crippen LogP) is 5.64. The van der Waals surface area contributed by atoms with Crippen LogP contribution in [0.4, 0.5) is 4.39 Å². The highest BCUT2D eigenvalue weighted by atomic mass is 79.9. The molecule has 3 heteroatoms. The first-order valence-corrected chi connectivity index (χ1v) is 7.34. The largest absolute Gasteiger partial charge is 0.457 e. The maximum Gasteiger partial charge on any atom is 0.131 e. The molecular formula is C16H16BrFO. The molecule has 19 heavy (non-hydrogen) atoms. The Bertz CT molecular complexity index is 566. The van der Waals surface area contributed by atoms with Crippen LogP contribution in [0.3, 0.4) is 0 Å². The summed E-state index contributed by atoms with van der Waals surface area (Å²) in [7, 11) is 0. The van der Waals surface area contributed by atoms with Crippen LogP contribution in [0, 0.1) is 5.82 Å². The molecule has 100 valence electrons. The van der Waals surface area contributed by atoms with Gasteiger partial charge in [-0.15, -0.1) is 0 Å². The molecule has 0 spiro atoms. The lowest BCUT2D eigenvalue weighted by molar-refractivity contribution is 0.475. The maximum absolute atomic E-state index is 13.2. The van der Waals surface area contributed by atoms with Crippen molar-refractivity contribution in [2.45, 2.75) is 25.1 Å². The Labute approximate surface area is 121 Å². The summed E-state index contributed by atoms with van der Waals surface area (Å²) >= 11 is 3.35. The van der Waals surface area contributed by atoms with E-state index < -0.39 is 0 Å². The van der Waals surface area contributed by atoms with Crippen molar-refractivity contribution < 1.29 is 9.13 Å². The van der Waals surface area contributed by atoms with Crippen LogP contribution in [0.15, 0.2) is 42.5 Å². The fraction of sp³-hybridized carbons (Fsp3) is 0.250. The van der Waals surface area contributed by atoms with Gasteiger partial charge in [-0.3, -0.25) is 0 Å². The van der Waals surface area contributed by atoms with Gasteiger partial charge in [0.25, 0.3) is 0 Å². The van der Waals surface area contributed by atoms with Crippen LogP contribution in [0.1, 0.15) is 30.9 Å². The van der Waals surface area contributed by atoms with E-state index in [9.17, 15) is 4.39 Å². The van der Waals surface area contributed by atoms with Crippen LogP contribution in [-0.2, 0) is 5.33 Å². The summed E-state index contributed by atoms with van der Waals surface area (Å²) in [6.45, 7) is 4.28. The number of rotatable bonds is 4. The first-order chi connectivity index (χ1) is 9.10. The van der Waals surface area contributed by atoms with E-state index in [1.807, 2.05) is 18.2 Å². The molecule has 0 radical (unpaired) electrons. The molecule has 0 saturated carbocycles. The highest BCUT2D eigenvalue weighted by Crippen LogP contribution is 2.29. The molecule has 0 bridgehead atoms. The summed E-state index contributed by atoms with van der Waals surface area (Å²) in [5.74, 6) is 1.66. The molecule has 2 aromatic rings. The molecule has 0 fully saturated rings. The number of benzene rings is 2. The Morgan fingerprint density at radius 2 is 1.95 bits per heavy atom. The van der Waals surface area contributed by atoms with Crippen LogP contribution in [-0.4, -0.2) is 0 Å². The Morgan fingerprint density at radius 3 is 2.63 bits per heavy atom. The second kappa shape index (κ2) is 6.20. The van der Waals surface area contributed by atoms with E-state index in [2.05, 4.69) is 35.8 Å². The average molecular weight is 323 g/mol. The molecule has 0 amide bonds. The van der Waals surface area contributed by atoms with Gasteiger partial charge in [-0.1, -0.05) is 41.9 Å². The molecule has 0 aromatic heterocycles. The van der Waals surface area contributed by atoms with Crippen LogP contribution < -0.4 is 4.74 Å². The second-order valence-electron chi connectivity index (χ2n) is 4.71. The highest BCUT2D eigenvalue weighted by molar-refractivity contribution is 9.08. The lowest BCUT2D eigenvalue weighted by Gasteiger charge is -2.12. The van der Waals surface area contributed by atoms with E-state index in [-0.39, 0.29) is 5.82 Å². The molecular weight excluding hydrogens is 307 g/mol. The number of ether oxygens (including phenoxy) is 1. The lowest BCUT2D eigenvalue weighted by Crippen LogP contribution is -1.92. The van der Waals surface area contributed by atoms with Crippen LogP contribution in [0.25, 0.3) is 0 Å². The Hall–Kier alpha value is -1.35. The Kier molecular flexibility index (Phi) is 4.59. The van der Waals surface area contributed by atoms with Gasteiger partial charge in [0, 0.05) is 10.9 Å². The SMILES string of the molecule is CC(C)c1cccc(Oc2ccc(F)cc2CBr)c1. The van der Waals surface area contributed by atoms with Gasteiger partial charge in [-0.25, -0.2) is 4.39 Å². The zero-order chi connectivity index (χ0) is 13.8. The van der Waals surface area contributed by atoms with Gasteiger partial charge in [-0.05, 0) is 41.8 Å². The summed E-state index contributed by atoms with van der Waals surface area (Å²) in [4.78, 5) is 0. The summed E-state index contributed by atoms with van der Waals surface area (Å²) in [5, 5.41) is 0.559. The third-order valence-electron chi connectivity index (χ3n) is 2.92. The van der Waals surface area contributed by atoms with Crippen molar-refractivity contribution >= 4 is 15.9 Å². The van der Waals surface area contributed by atoms with E-state index >= 15 is 0 Å². The average Bonchev–Trinajstić information content (AvgIpc) is 2.41. The van der Waals surface area contributed by atoms with Crippen molar-refractivity contribution in [3.05, 3.63) is 59.4 Å². The number of alkyl halides is 1. The summed E-state index contributed by atoms with van der Waals surface area (Å²) in [6.07, 6.45) is 0. The van der Waals surface area contributed by atoms with Gasteiger partial charge >= 0.3 is 0 Å². The molecule has 0 saturated heterocycles. The van der Waals surface area contributed by atoms with Crippen molar-refractivity contribution in [3.8, 4) is 11.5 Å². The van der Waals surface area contributed by atoms with E-state index in [4.69, 9.17) is 4.74 Å². The van der Waals surface area contributed by atoms with Gasteiger partial charge < -0.3 is 4.74 Å². The fourth-order valence-corrected chi connectivity index (χ4v) is 2.25. The van der Waals surface area contributed by atoms with Crippen LogP contribution >= 0.6 is 15.9 Å². The monoisotopic (exact) mass is 322 g/mol. The molecule has 2 rings (SSSR count). The molecule has 0 unspecified atom stereocenters. The van der Waals surface area contributed by atoms with Gasteiger partial charge in [-0.2, -0.15) is 0 Å². The standard InChI is InChI=1S/C16H16BrFO/c1-11(2)12-4-3-5-15(9-12)19-16-7-6-14(18)8-13(16)10-17/h3-9,11H,10H2,1-2H3. The molecule has 0 N–H and O–H groups in total. The first-order valence-electron chi connectivity index (χ1n) is 6.22. The predicted molar refractivity (Wildman–Crippen MR) is 79.6 cm³/mol. The lowest BCUT2D eigenvalue weighted by atomic mass is 10.0. The highest BCUT2D eigenvalue weighted by Gasteiger charge is 2.07. The zero-order valence-electron chi connectivity index (χ0n) is 11.0. The fourth-order valence-electron chi connectivity index (χ4n) is 1.82. The van der Waals surface area contributed by atoms with Crippen molar-refractivity contribution in [1.82, 2.24) is 0 Å². The van der Waals surface area contributed by atoms with E-state index in [1.54, 1.807) is 6.07 Å². The van der Waals surface area contributed by atoms with Crippen molar-refractivity contribution in [1.29, 1.82) is 0 Å². The van der Waals surface area contributed by atoms with Gasteiger partial charge in [0.05, 0.1) is 0 Å². The van der Waals surface area contributed by atoms with Gasteiger partial charge in [0.2, 0.25) is 0 Å². The molecule has 2 aromatic carbocycles. The van der Waals surface area contributed by atoms with Gasteiger partial charge in [0.1, 0.15) is 17.3 Å². The molecule has 0 aliphatic carbocycles. The molecule has 0 heterocycles. The Balaban J connectivity index is 2.28. The summed E-state index contributed by atoms with van der Waals surface area (Å²) in [5.41, 5.74) is 2.02. The summed E-state index contributed by atoms with van der Waals surface area (Å²) < 4.78 is 19.0. The van der Waals surface area contributed by atoms with Crippen molar-refractivity contribution in [3.63, 3.8) is 0 Å². The minimum absolute atomic E-state index is 0.252. The number of hydrogen-bond donors (Lipinski definition) is 0.